The number of hydrogen-bond donors (Lipinski definition) is 0. The average molecular weight is 388 g/mol. The molecule has 1 aliphatic rings. The van der Waals surface area contributed by atoms with Gasteiger partial charge in [-0.3, -0.25) is 9.69 Å². The predicted octanol–water partition coefficient (Wildman–Crippen LogP) is 3.13. The summed E-state index contributed by atoms with van der Waals surface area (Å²) in [5.41, 5.74) is 2.16. The van der Waals surface area contributed by atoms with Gasteiger partial charge < -0.3 is 14.5 Å². The van der Waals surface area contributed by atoms with Crippen LogP contribution in [0.15, 0.2) is 48.5 Å². The number of carbonyl (C=O) groups is 1. The number of carbonyl (C=O) groups excluding carboxylic acids is 1. The number of rotatable bonds is 6. The van der Waals surface area contributed by atoms with E-state index in [1.165, 1.54) is 0 Å². The van der Waals surface area contributed by atoms with E-state index in [0.29, 0.717) is 13.1 Å². The van der Waals surface area contributed by atoms with E-state index in [1.54, 1.807) is 12.0 Å². The van der Waals surface area contributed by atoms with Crippen LogP contribution in [0, 0.1) is 0 Å². The molecular weight excluding hydrogens is 362 g/mol. The summed E-state index contributed by atoms with van der Waals surface area (Å²) in [6, 6.07) is 15.7. The van der Waals surface area contributed by atoms with E-state index in [-0.39, 0.29) is 5.91 Å². The van der Waals surface area contributed by atoms with Gasteiger partial charge in [0.1, 0.15) is 5.75 Å². The Balaban J connectivity index is 1.47. The standard InChI is InChI=1S/C21H26ClN3O2/c1-23(15-17-7-9-18(27-2)10-8-17)21(26)16-24-11-13-25(14-12-24)20-6-4-3-5-19(20)22/h3-10H,11-16H2,1-2H3. The van der Waals surface area contributed by atoms with Gasteiger partial charge in [0.05, 0.1) is 24.4 Å². The molecule has 5 nitrogen and oxygen atoms in total. The number of amides is 1. The van der Waals surface area contributed by atoms with E-state index in [9.17, 15) is 4.79 Å². The molecule has 0 bridgehead atoms. The van der Waals surface area contributed by atoms with Gasteiger partial charge >= 0.3 is 0 Å². The van der Waals surface area contributed by atoms with Crippen LogP contribution in [0.2, 0.25) is 5.02 Å². The van der Waals surface area contributed by atoms with E-state index >= 15 is 0 Å². The van der Waals surface area contributed by atoms with Crippen LogP contribution in [0.3, 0.4) is 0 Å². The minimum atomic E-state index is 0.136. The molecule has 0 saturated carbocycles. The lowest BCUT2D eigenvalue weighted by Gasteiger charge is -2.36. The fourth-order valence-electron chi connectivity index (χ4n) is 3.26. The van der Waals surface area contributed by atoms with Gasteiger partial charge in [0.2, 0.25) is 5.91 Å². The van der Waals surface area contributed by atoms with Crippen molar-refractivity contribution >= 4 is 23.2 Å². The van der Waals surface area contributed by atoms with Crippen LogP contribution in [-0.4, -0.2) is 62.6 Å². The molecule has 2 aromatic rings. The lowest BCUT2D eigenvalue weighted by atomic mass is 10.2. The quantitative estimate of drug-likeness (QED) is 0.763. The molecule has 1 saturated heterocycles. The Morgan fingerprint density at radius 1 is 1.07 bits per heavy atom. The topological polar surface area (TPSA) is 36.0 Å². The zero-order chi connectivity index (χ0) is 19.2. The van der Waals surface area contributed by atoms with Gasteiger partial charge in [-0.25, -0.2) is 0 Å². The number of ether oxygens (including phenoxy) is 1. The highest BCUT2D eigenvalue weighted by Gasteiger charge is 2.21. The maximum absolute atomic E-state index is 12.6. The molecule has 6 heteroatoms. The molecule has 27 heavy (non-hydrogen) atoms. The number of nitrogens with zero attached hydrogens (tertiary/aromatic N) is 3. The van der Waals surface area contributed by atoms with Crippen molar-refractivity contribution in [1.82, 2.24) is 9.80 Å². The number of para-hydroxylation sites is 1. The van der Waals surface area contributed by atoms with Gasteiger partial charge in [-0.15, -0.1) is 0 Å². The van der Waals surface area contributed by atoms with E-state index in [0.717, 1.165) is 48.2 Å². The van der Waals surface area contributed by atoms with Gasteiger partial charge in [0.25, 0.3) is 0 Å². The van der Waals surface area contributed by atoms with Gasteiger partial charge in [0.15, 0.2) is 0 Å². The molecule has 0 aliphatic carbocycles. The molecular formula is C21H26ClN3O2. The average Bonchev–Trinajstić information content (AvgIpc) is 2.69. The van der Waals surface area contributed by atoms with Crippen molar-refractivity contribution in [3.63, 3.8) is 0 Å². The van der Waals surface area contributed by atoms with Crippen LogP contribution in [0.25, 0.3) is 0 Å². The molecule has 144 valence electrons. The van der Waals surface area contributed by atoms with Crippen LogP contribution < -0.4 is 9.64 Å². The first-order chi connectivity index (χ1) is 13.1. The molecule has 1 amide bonds. The summed E-state index contributed by atoms with van der Waals surface area (Å²) in [6.45, 7) is 4.50. The first-order valence-electron chi connectivity index (χ1n) is 9.15. The van der Waals surface area contributed by atoms with Crippen molar-refractivity contribution in [1.29, 1.82) is 0 Å². The van der Waals surface area contributed by atoms with Gasteiger partial charge in [-0.1, -0.05) is 35.9 Å². The molecule has 0 N–H and O–H groups in total. The maximum Gasteiger partial charge on any atom is 0.236 e. The van der Waals surface area contributed by atoms with Gasteiger partial charge in [-0.2, -0.15) is 0 Å². The monoisotopic (exact) mass is 387 g/mol. The minimum Gasteiger partial charge on any atom is -0.497 e. The Morgan fingerprint density at radius 2 is 1.74 bits per heavy atom. The Morgan fingerprint density at radius 3 is 2.37 bits per heavy atom. The smallest absolute Gasteiger partial charge is 0.236 e. The SMILES string of the molecule is COc1ccc(CN(C)C(=O)CN2CCN(c3ccccc3Cl)CC2)cc1. The van der Waals surface area contributed by atoms with Crippen LogP contribution in [0.4, 0.5) is 5.69 Å². The highest BCUT2D eigenvalue weighted by molar-refractivity contribution is 6.33. The van der Waals surface area contributed by atoms with E-state index in [4.69, 9.17) is 16.3 Å². The van der Waals surface area contributed by atoms with Crippen molar-refractivity contribution < 1.29 is 9.53 Å². The number of halogens is 1. The van der Waals surface area contributed by atoms with Crippen molar-refractivity contribution in [2.75, 3.05) is 51.8 Å². The first-order valence-corrected chi connectivity index (χ1v) is 9.53. The van der Waals surface area contributed by atoms with Crippen LogP contribution in [-0.2, 0) is 11.3 Å². The van der Waals surface area contributed by atoms with Crippen molar-refractivity contribution in [2.45, 2.75) is 6.54 Å². The number of piperazine rings is 1. The van der Waals surface area contributed by atoms with Crippen LogP contribution in [0.1, 0.15) is 5.56 Å². The molecule has 0 aromatic heterocycles. The largest absolute Gasteiger partial charge is 0.497 e. The third kappa shape index (κ3) is 5.15. The molecule has 0 unspecified atom stereocenters. The van der Waals surface area contributed by atoms with Crippen molar-refractivity contribution in [3.05, 3.63) is 59.1 Å². The predicted molar refractivity (Wildman–Crippen MR) is 110 cm³/mol. The second kappa shape index (κ2) is 9.11. The molecule has 0 atom stereocenters. The van der Waals surface area contributed by atoms with Gasteiger partial charge in [-0.05, 0) is 29.8 Å². The summed E-state index contributed by atoms with van der Waals surface area (Å²) >= 11 is 6.29. The summed E-state index contributed by atoms with van der Waals surface area (Å²) in [6.07, 6.45) is 0. The molecule has 0 radical (unpaired) electrons. The fourth-order valence-corrected chi connectivity index (χ4v) is 3.52. The normalized spacial score (nSPS) is 14.9. The third-order valence-corrected chi connectivity index (χ3v) is 5.25. The summed E-state index contributed by atoms with van der Waals surface area (Å²) in [7, 11) is 3.50. The lowest BCUT2D eigenvalue weighted by Crippen LogP contribution is -2.49. The summed E-state index contributed by atoms with van der Waals surface area (Å²) < 4.78 is 5.17. The number of benzene rings is 2. The molecule has 3 rings (SSSR count). The summed E-state index contributed by atoms with van der Waals surface area (Å²) in [4.78, 5) is 18.8. The van der Waals surface area contributed by atoms with Crippen molar-refractivity contribution in [2.24, 2.45) is 0 Å². The maximum atomic E-state index is 12.6. The molecule has 0 spiro atoms. The molecule has 2 aromatic carbocycles. The number of methoxy groups -OCH3 is 1. The van der Waals surface area contributed by atoms with Crippen LogP contribution >= 0.6 is 11.6 Å². The fraction of sp³-hybridized carbons (Fsp3) is 0.381. The Hall–Kier alpha value is -2.24. The Labute approximate surface area is 166 Å². The minimum absolute atomic E-state index is 0.136. The van der Waals surface area contributed by atoms with Crippen molar-refractivity contribution in [3.8, 4) is 5.75 Å². The number of hydrogen-bond acceptors (Lipinski definition) is 4. The Kier molecular flexibility index (Phi) is 6.58. The molecule has 1 fully saturated rings. The Bertz CT molecular complexity index is 758. The highest BCUT2D eigenvalue weighted by Crippen LogP contribution is 2.26. The number of anilines is 1. The summed E-state index contributed by atoms with van der Waals surface area (Å²) in [5, 5.41) is 0.779. The second-order valence-electron chi connectivity index (χ2n) is 6.81. The van der Waals surface area contributed by atoms with E-state index in [1.807, 2.05) is 55.6 Å². The third-order valence-electron chi connectivity index (χ3n) is 4.93. The van der Waals surface area contributed by atoms with Crippen LogP contribution in [0.5, 0.6) is 5.75 Å². The zero-order valence-corrected chi connectivity index (χ0v) is 16.7. The van der Waals surface area contributed by atoms with E-state index in [2.05, 4.69) is 9.80 Å². The lowest BCUT2D eigenvalue weighted by molar-refractivity contribution is -0.131. The first kappa shape index (κ1) is 19.5. The summed E-state index contributed by atoms with van der Waals surface area (Å²) in [5.74, 6) is 0.959. The highest BCUT2D eigenvalue weighted by atomic mass is 35.5. The number of likely N-dealkylation sites (N-methyl/N-ethyl adjacent to an activating group) is 1. The molecule has 1 heterocycles. The van der Waals surface area contributed by atoms with E-state index < -0.39 is 0 Å². The second-order valence-corrected chi connectivity index (χ2v) is 7.22. The van der Waals surface area contributed by atoms with Gasteiger partial charge in [0, 0.05) is 39.8 Å². The molecule has 1 aliphatic heterocycles. The zero-order valence-electron chi connectivity index (χ0n) is 15.9.